The second-order valence-electron chi connectivity index (χ2n) is 3.64. The number of carbonyl (C=O) groups excluding carboxylic acids is 1. The zero-order chi connectivity index (χ0) is 11.5. The summed E-state index contributed by atoms with van der Waals surface area (Å²) in [5.41, 5.74) is 2.04. The van der Waals surface area contributed by atoms with Gasteiger partial charge in [-0.2, -0.15) is 0 Å². The fraction of sp³-hybridized carbons (Fsp3) is 0.333. The third-order valence-electron chi connectivity index (χ3n) is 2.65. The molecule has 2 rings (SSSR count). The molecule has 0 radical (unpaired) electrons. The molecule has 0 bridgehead atoms. The van der Waals surface area contributed by atoms with Crippen LogP contribution in [0.5, 0.6) is 0 Å². The van der Waals surface area contributed by atoms with Crippen LogP contribution in [0.25, 0.3) is 0 Å². The number of esters is 1. The zero-order valence-electron chi connectivity index (χ0n) is 9.21. The Balaban J connectivity index is 2.28. The first kappa shape index (κ1) is 10.7. The third kappa shape index (κ3) is 1.78. The van der Waals surface area contributed by atoms with Crippen molar-refractivity contribution in [3.05, 3.63) is 35.4 Å². The number of benzene rings is 1. The molecule has 0 amide bonds. The van der Waals surface area contributed by atoms with E-state index in [1.807, 2.05) is 31.2 Å². The molecule has 1 aliphatic heterocycles. The molecular weight excluding hydrogens is 206 g/mol. The Morgan fingerprint density at radius 1 is 1.44 bits per heavy atom. The highest BCUT2D eigenvalue weighted by atomic mass is 16.5. The lowest BCUT2D eigenvalue weighted by Gasteiger charge is -2.17. The number of rotatable bonds is 2. The molecule has 1 aromatic carbocycles. The normalized spacial score (nSPS) is 22.9. The van der Waals surface area contributed by atoms with E-state index < -0.39 is 6.04 Å². The summed E-state index contributed by atoms with van der Waals surface area (Å²) >= 11 is 0. The minimum absolute atomic E-state index is 0.367. The van der Waals surface area contributed by atoms with Crippen LogP contribution >= 0.6 is 0 Å². The molecule has 84 valence electrons. The van der Waals surface area contributed by atoms with Crippen LogP contribution in [0.4, 0.5) is 0 Å². The van der Waals surface area contributed by atoms with E-state index in [1.54, 1.807) is 0 Å². The van der Waals surface area contributed by atoms with Crippen molar-refractivity contribution < 1.29 is 14.3 Å². The second-order valence-corrected chi connectivity index (χ2v) is 3.64. The second kappa shape index (κ2) is 4.35. The van der Waals surface area contributed by atoms with E-state index >= 15 is 0 Å². The molecule has 0 unspecified atom stereocenters. The number of nitrogens with zero attached hydrogens (tertiary/aromatic N) is 1. The predicted molar refractivity (Wildman–Crippen MR) is 59.3 cm³/mol. The third-order valence-corrected chi connectivity index (χ3v) is 2.65. The van der Waals surface area contributed by atoms with Crippen molar-refractivity contribution in [1.29, 1.82) is 0 Å². The van der Waals surface area contributed by atoms with Crippen LogP contribution in [0, 0.1) is 6.92 Å². The van der Waals surface area contributed by atoms with E-state index in [2.05, 4.69) is 4.99 Å². The van der Waals surface area contributed by atoms with Gasteiger partial charge >= 0.3 is 5.97 Å². The highest BCUT2D eigenvalue weighted by Crippen LogP contribution is 2.29. The molecule has 2 atom stereocenters. The molecule has 0 spiro atoms. The van der Waals surface area contributed by atoms with Gasteiger partial charge in [-0.15, -0.1) is 0 Å². The van der Waals surface area contributed by atoms with Gasteiger partial charge < -0.3 is 9.47 Å². The summed E-state index contributed by atoms with van der Waals surface area (Å²) < 4.78 is 10.1. The Morgan fingerprint density at radius 3 is 2.88 bits per heavy atom. The minimum atomic E-state index is -0.592. The smallest absolute Gasteiger partial charge is 0.334 e. The quantitative estimate of drug-likeness (QED) is 0.710. The number of ether oxygens (including phenoxy) is 2. The van der Waals surface area contributed by atoms with Gasteiger partial charge in [-0.3, -0.25) is 0 Å². The Hall–Kier alpha value is -1.84. The molecule has 0 aromatic heterocycles. The predicted octanol–water partition coefficient (Wildman–Crippen LogP) is 1.64. The molecule has 16 heavy (non-hydrogen) atoms. The standard InChI is InChI=1S/C12H13NO3/c1-8-5-3-4-6-9(8)11-10(12(14)15-2)13-7-16-11/h3-7,10-11H,1-2H3/t10-,11+/m0/s1. The molecule has 0 saturated heterocycles. The van der Waals surface area contributed by atoms with Gasteiger partial charge in [-0.05, 0) is 18.1 Å². The Kier molecular flexibility index (Phi) is 2.90. The molecule has 1 heterocycles. The maximum atomic E-state index is 11.5. The molecule has 0 aliphatic carbocycles. The topological polar surface area (TPSA) is 47.9 Å². The number of carbonyl (C=O) groups is 1. The minimum Gasteiger partial charge on any atom is -0.473 e. The van der Waals surface area contributed by atoms with Crippen molar-refractivity contribution in [3.8, 4) is 0 Å². The maximum Gasteiger partial charge on any atom is 0.334 e. The van der Waals surface area contributed by atoms with Crippen LogP contribution < -0.4 is 0 Å². The van der Waals surface area contributed by atoms with Crippen molar-refractivity contribution in [2.24, 2.45) is 4.99 Å². The number of hydrogen-bond acceptors (Lipinski definition) is 4. The summed E-state index contributed by atoms with van der Waals surface area (Å²) in [4.78, 5) is 15.5. The van der Waals surface area contributed by atoms with Crippen LogP contribution in [0.1, 0.15) is 17.2 Å². The lowest BCUT2D eigenvalue weighted by Crippen LogP contribution is -2.25. The SMILES string of the molecule is COC(=O)[C@H]1N=CO[C@@H]1c1ccccc1C. The van der Waals surface area contributed by atoms with E-state index in [1.165, 1.54) is 13.5 Å². The summed E-state index contributed by atoms with van der Waals surface area (Å²) in [7, 11) is 1.35. The van der Waals surface area contributed by atoms with Crippen LogP contribution in [-0.4, -0.2) is 25.5 Å². The fourth-order valence-corrected chi connectivity index (χ4v) is 1.77. The maximum absolute atomic E-state index is 11.5. The van der Waals surface area contributed by atoms with Crippen LogP contribution in [0.2, 0.25) is 0 Å². The van der Waals surface area contributed by atoms with Gasteiger partial charge in [0.2, 0.25) is 0 Å². The van der Waals surface area contributed by atoms with Gasteiger partial charge in [-0.1, -0.05) is 24.3 Å². The average Bonchev–Trinajstić information content (AvgIpc) is 2.77. The van der Waals surface area contributed by atoms with Crippen LogP contribution in [0.15, 0.2) is 29.3 Å². The fourth-order valence-electron chi connectivity index (χ4n) is 1.77. The van der Waals surface area contributed by atoms with E-state index in [0.717, 1.165) is 11.1 Å². The molecule has 1 aromatic rings. The van der Waals surface area contributed by atoms with E-state index in [4.69, 9.17) is 9.47 Å². The molecule has 0 saturated carbocycles. The van der Waals surface area contributed by atoms with Crippen molar-refractivity contribution in [1.82, 2.24) is 0 Å². The van der Waals surface area contributed by atoms with Crippen LogP contribution in [-0.2, 0) is 14.3 Å². The molecule has 0 N–H and O–H groups in total. The Labute approximate surface area is 93.9 Å². The molecule has 0 fully saturated rings. The van der Waals surface area contributed by atoms with Crippen molar-refractivity contribution in [2.45, 2.75) is 19.1 Å². The average molecular weight is 219 g/mol. The summed E-state index contributed by atoms with van der Waals surface area (Å²) in [5.74, 6) is -0.373. The number of methoxy groups -OCH3 is 1. The van der Waals surface area contributed by atoms with Gasteiger partial charge in [0, 0.05) is 0 Å². The highest BCUT2D eigenvalue weighted by Gasteiger charge is 2.35. The van der Waals surface area contributed by atoms with E-state index in [0.29, 0.717) is 0 Å². The number of hydrogen-bond donors (Lipinski definition) is 0. The number of aryl methyl sites for hydroxylation is 1. The van der Waals surface area contributed by atoms with Gasteiger partial charge in [0.1, 0.15) is 0 Å². The Morgan fingerprint density at radius 2 is 2.19 bits per heavy atom. The van der Waals surface area contributed by atoms with Crippen molar-refractivity contribution >= 4 is 12.4 Å². The monoisotopic (exact) mass is 219 g/mol. The van der Waals surface area contributed by atoms with Gasteiger partial charge in [0.05, 0.1) is 7.11 Å². The largest absolute Gasteiger partial charge is 0.473 e. The molecule has 4 nitrogen and oxygen atoms in total. The summed E-state index contributed by atoms with van der Waals surface area (Å²) in [6.45, 7) is 1.98. The van der Waals surface area contributed by atoms with Crippen molar-refractivity contribution in [3.63, 3.8) is 0 Å². The first-order valence-corrected chi connectivity index (χ1v) is 5.04. The first-order valence-electron chi connectivity index (χ1n) is 5.04. The van der Waals surface area contributed by atoms with Gasteiger partial charge in [0.25, 0.3) is 0 Å². The lowest BCUT2D eigenvalue weighted by molar-refractivity contribution is -0.143. The molecule has 4 heteroatoms. The zero-order valence-corrected chi connectivity index (χ0v) is 9.21. The Bertz CT molecular complexity index is 428. The first-order chi connectivity index (χ1) is 7.74. The molecular formula is C12H13NO3. The highest BCUT2D eigenvalue weighted by molar-refractivity contribution is 5.80. The summed E-state index contributed by atoms with van der Waals surface area (Å²) in [6.07, 6.45) is 0.951. The summed E-state index contributed by atoms with van der Waals surface area (Å²) in [6, 6.07) is 7.18. The lowest BCUT2D eigenvalue weighted by atomic mass is 9.98. The van der Waals surface area contributed by atoms with Gasteiger partial charge in [-0.25, -0.2) is 9.79 Å². The van der Waals surface area contributed by atoms with E-state index in [-0.39, 0.29) is 12.1 Å². The van der Waals surface area contributed by atoms with Crippen LogP contribution in [0.3, 0.4) is 0 Å². The molecule has 1 aliphatic rings. The van der Waals surface area contributed by atoms with Crippen molar-refractivity contribution in [2.75, 3.05) is 7.11 Å². The van der Waals surface area contributed by atoms with Gasteiger partial charge in [0.15, 0.2) is 18.5 Å². The van der Waals surface area contributed by atoms with E-state index in [9.17, 15) is 4.79 Å². The number of aliphatic imine (C=N–C) groups is 1. The summed E-state index contributed by atoms with van der Waals surface area (Å²) in [5, 5.41) is 0.